The predicted octanol–water partition coefficient (Wildman–Crippen LogP) is 6.27. The minimum absolute atomic E-state index is 0.0937. The molecule has 6 heteroatoms. The first-order valence-corrected chi connectivity index (χ1v) is 11.9. The Hall–Kier alpha value is -2.47. The number of hydrogen-bond acceptors (Lipinski definition) is 4. The molecular weight excluding hydrogens is 454 g/mol. The predicted molar refractivity (Wildman–Crippen MR) is 129 cm³/mol. The van der Waals surface area contributed by atoms with E-state index in [2.05, 4.69) is 28.0 Å². The zero-order valence-electron chi connectivity index (χ0n) is 18.1. The molecule has 1 aliphatic rings. The Labute approximate surface area is 191 Å². The van der Waals surface area contributed by atoms with Gasteiger partial charge in [0.2, 0.25) is 0 Å². The molecule has 0 saturated heterocycles. The van der Waals surface area contributed by atoms with Gasteiger partial charge in [-0.25, -0.2) is 4.98 Å². The molecule has 31 heavy (non-hydrogen) atoms. The third-order valence-electron chi connectivity index (χ3n) is 5.94. The topological polar surface area (TPSA) is 56.5 Å². The first-order valence-electron chi connectivity index (χ1n) is 11.1. The van der Waals surface area contributed by atoms with Gasteiger partial charge in [0.15, 0.2) is 0 Å². The number of aromatic nitrogens is 2. The number of benzene rings is 2. The first kappa shape index (κ1) is 21.8. The summed E-state index contributed by atoms with van der Waals surface area (Å²) in [7, 11) is 0. The molecule has 1 heterocycles. The van der Waals surface area contributed by atoms with Crippen molar-refractivity contribution >= 4 is 33.0 Å². The van der Waals surface area contributed by atoms with Crippen LogP contribution in [0.5, 0.6) is 5.75 Å². The van der Waals surface area contributed by atoms with Crippen molar-refractivity contribution < 1.29 is 4.74 Å². The number of rotatable bonds is 6. The van der Waals surface area contributed by atoms with E-state index in [4.69, 9.17) is 9.72 Å². The number of para-hydroxylation sites is 1. The molecule has 2 aromatic carbocycles. The first-order chi connectivity index (χ1) is 15.1. The minimum Gasteiger partial charge on any atom is -0.490 e. The van der Waals surface area contributed by atoms with Gasteiger partial charge in [-0.1, -0.05) is 54.2 Å². The third kappa shape index (κ3) is 4.90. The summed E-state index contributed by atoms with van der Waals surface area (Å²) in [5.74, 6) is 1.77. The molecule has 4 rings (SSSR count). The Morgan fingerprint density at radius 1 is 1.23 bits per heavy atom. The van der Waals surface area contributed by atoms with Crippen molar-refractivity contribution in [3.63, 3.8) is 0 Å². The zero-order valence-corrected chi connectivity index (χ0v) is 19.6. The Bertz CT molecular complexity index is 1150. The van der Waals surface area contributed by atoms with Gasteiger partial charge in [0.25, 0.3) is 5.56 Å². The maximum absolute atomic E-state index is 13.4. The highest BCUT2D eigenvalue weighted by atomic mass is 79.9. The summed E-state index contributed by atoms with van der Waals surface area (Å²) >= 11 is 3.53. The van der Waals surface area contributed by atoms with Gasteiger partial charge in [-0.2, -0.15) is 9.78 Å². The molecule has 1 saturated carbocycles. The highest BCUT2D eigenvalue weighted by Crippen LogP contribution is 2.32. The van der Waals surface area contributed by atoms with Crippen molar-refractivity contribution in [2.45, 2.75) is 64.4 Å². The van der Waals surface area contributed by atoms with Gasteiger partial charge in [-0.15, -0.1) is 0 Å². The molecule has 0 unspecified atom stereocenters. The molecule has 0 radical (unpaired) electrons. The lowest BCUT2D eigenvalue weighted by atomic mass is 9.88. The fraction of sp³-hybridized carbons (Fsp3) is 0.400. The van der Waals surface area contributed by atoms with E-state index in [0.717, 1.165) is 59.2 Å². The fourth-order valence-electron chi connectivity index (χ4n) is 4.03. The Morgan fingerprint density at radius 3 is 2.77 bits per heavy atom. The van der Waals surface area contributed by atoms with Gasteiger partial charge < -0.3 is 4.74 Å². The molecule has 1 aliphatic carbocycles. The van der Waals surface area contributed by atoms with E-state index < -0.39 is 0 Å². The van der Waals surface area contributed by atoms with E-state index in [9.17, 15) is 4.79 Å². The quantitative estimate of drug-likeness (QED) is 0.390. The molecule has 0 aliphatic heterocycles. The van der Waals surface area contributed by atoms with Crippen LogP contribution in [0.1, 0.15) is 69.7 Å². The van der Waals surface area contributed by atoms with Crippen LogP contribution in [-0.4, -0.2) is 22.0 Å². The van der Waals surface area contributed by atoms with Crippen molar-refractivity contribution in [3.8, 4) is 5.75 Å². The smallest absolute Gasteiger partial charge is 0.282 e. The van der Waals surface area contributed by atoms with Crippen molar-refractivity contribution in [2.24, 2.45) is 5.10 Å². The molecular formula is C25H28BrN3O2. The third-order valence-corrected chi connectivity index (χ3v) is 6.43. The standard InChI is InChI=1S/C25H28BrN3O2/c1-3-17(2)31-23-14-13-20(26)15-19(23)16-27-29-24(18-9-5-4-6-10-18)28-22-12-8-7-11-21(22)25(29)30/h7-8,11-18H,3-6,9-10H2,1-2H3/t17-/m1/s1. The van der Waals surface area contributed by atoms with Crippen LogP contribution >= 0.6 is 15.9 Å². The Morgan fingerprint density at radius 2 is 2.00 bits per heavy atom. The summed E-state index contributed by atoms with van der Waals surface area (Å²) in [6.07, 6.45) is 8.37. The van der Waals surface area contributed by atoms with E-state index in [0.29, 0.717) is 5.39 Å². The summed E-state index contributed by atoms with van der Waals surface area (Å²) in [4.78, 5) is 18.2. The maximum Gasteiger partial charge on any atom is 0.282 e. The van der Waals surface area contributed by atoms with Crippen LogP contribution in [0.15, 0.2) is 56.8 Å². The summed E-state index contributed by atoms with van der Waals surface area (Å²) in [6, 6.07) is 13.4. The average molecular weight is 482 g/mol. The lowest BCUT2D eigenvalue weighted by Gasteiger charge is -2.22. The normalized spacial score (nSPS) is 16.1. The fourth-order valence-corrected chi connectivity index (χ4v) is 4.40. The second-order valence-electron chi connectivity index (χ2n) is 8.20. The van der Waals surface area contributed by atoms with Crippen LogP contribution in [0.2, 0.25) is 0 Å². The molecule has 1 aromatic heterocycles. The lowest BCUT2D eigenvalue weighted by Crippen LogP contribution is -2.25. The monoisotopic (exact) mass is 481 g/mol. The van der Waals surface area contributed by atoms with E-state index >= 15 is 0 Å². The number of halogens is 1. The second-order valence-corrected chi connectivity index (χ2v) is 9.12. The average Bonchev–Trinajstić information content (AvgIpc) is 2.80. The van der Waals surface area contributed by atoms with Gasteiger partial charge in [-0.05, 0) is 56.5 Å². The molecule has 3 aromatic rings. The molecule has 0 bridgehead atoms. The van der Waals surface area contributed by atoms with Gasteiger partial charge in [0, 0.05) is 16.0 Å². The van der Waals surface area contributed by atoms with Crippen LogP contribution in [-0.2, 0) is 0 Å². The molecule has 0 N–H and O–H groups in total. The molecule has 162 valence electrons. The maximum atomic E-state index is 13.4. The number of ether oxygens (including phenoxy) is 1. The van der Waals surface area contributed by atoms with Crippen molar-refractivity contribution in [1.29, 1.82) is 0 Å². The number of fused-ring (bicyclic) bond motifs is 1. The van der Waals surface area contributed by atoms with E-state index in [-0.39, 0.29) is 17.6 Å². The SMILES string of the molecule is CC[C@@H](C)Oc1ccc(Br)cc1C=Nn1c(C2CCCCC2)nc2ccccc2c1=O. The molecule has 0 spiro atoms. The molecule has 0 amide bonds. The molecule has 1 atom stereocenters. The van der Waals surface area contributed by atoms with Crippen LogP contribution in [0.4, 0.5) is 0 Å². The highest BCUT2D eigenvalue weighted by molar-refractivity contribution is 9.10. The molecule has 1 fully saturated rings. The summed E-state index contributed by atoms with van der Waals surface area (Å²) in [5.41, 5.74) is 1.44. The number of nitrogens with zero attached hydrogens (tertiary/aromatic N) is 3. The largest absolute Gasteiger partial charge is 0.490 e. The van der Waals surface area contributed by atoms with E-state index in [1.807, 2.05) is 49.4 Å². The van der Waals surface area contributed by atoms with Gasteiger partial charge in [0.05, 0.1) is 23.2 Å². The highest BCUT2D eigenvalue weighted by Gasteiger charge is 2.22. The molecule has 5 nitrogen and oxygen atoms in total. The van der Waals surface area contributed by atoms with Crippen LogP contribution in [0.25, 0.3) is 10.9 Å². The Balaban J connectivity index is 1.81. The summed E-state index contributed by atoms with van der Waals surface area (Å²) < 4.78 is 8.51. The van der Waals surface area contributed by atoms with Crippen molar-refractivity contribution in [1.82, 2.24) is 9.66 Å². The van der Waals surface area contributed by atoms with Crippen LogP contribution in [0.3, 0.4) is 0 Å². The van der Waals surface area contributed by atoms with E-state index in [1.54, 1.807) is 6.21 Å². The summed E-state index contributed by atoms with van der Waals surface area (Å²) in [6.45, 7) is 4.13. The minimum atomic E-state index is -0.123. The van der Waals surface area contributed by atoms with E-state index in [1.165, 1.54) is 11.1 Å². The lowest BCUT2D eigenvalue weighted by molar-refractivity contribution is 0.217. The van der Waals surface area contributed by atoms with Crippen molar-refractivity contribution in [3.05, 3.63) is 68.7 Å². The second kappa shape index (κ2) is 9.77. The van der Waals surface area contributed by atoms with Gasteiger partial charge >= 0.3 is 0 Å². The number of hydrogen-bond donors (Lipinski definition) is 0. The summed E-state index contributed by atoms with van der Waals surface area (Å²) in [5, 5.41) is 5.24. The van der Waals surface area contributed by atoms with Gasteiger partial charge in [0.1, 0.15) is 11.6 Å². The Kier molecular flexibility index (Phi) is 6.86. The van der Waals surface area contributed by atoms with Gasteiger partial charge in [-0.3, -0.25) is 4.79 Å². The van der Waals surface area contributed by atoms with Crippen molar-refractivity contribution in [2.75, 3.05) is 0 Å². The van der Waals surface area contributed by atoms with Crippen LogP contribution in [0, 0.1) is 0 Å². The van der Waals surface area contributed by atoms with Crippen LogP contribution < -0.4 is 10.3 Å². The zero-order chi connectivity index (χ0) is 21.8.